The molecule has 5 heteroatoms. The molecule has 0 bridgehead atoms. The van der Waals surface area contributed by atoms with Crippen molar-refractivity contribution < 1.29 is 4.79 Å². The van der Waals surface area contributed by atoms with E-state index in [4.69, 9.17) is 0 Å². The van der Waals surface area contributed by atoms with E-state index in [0.717, 1.165) is 10.3 Å². The van der Waals surface area contributed by atoms with Gasteiger partial charge in [-0.2, -0.15) is 0 Å². The summed E-state index contributed by atoms with van der Waals surface area (Å²) in [5.41, 5.74) is 1.24. The van der Waals surface area contributed by atoms with Gasteiger partial charge in [0.2, 0.25) is 0 Å². The van der Waals surface area contributed by atoms with E-state index in [1.165, 1.54) is 0 Å². The van der Waals surface area contributed by atoms with E-state index in [0.29, 0.717) is 17.8 Å². The Balaban J connectivity index is 2.02. The maximum Gasteiger partial charge on any atom is 0.255 e. The zero-order chi connectivity index (χ0) is 14.4. The van der Waals surface area contributed by atoms with Gasteiger partial charge in [0.05, 0.1) is 11.9 Å². The molecule has 0 aliphatic rings. The lowest BCUT2D eigenvalue weighted by Crippen LogP contribution is -2.12. The number of halogens is 1. The van der Waals surface area contributed by atoms with Crippen molar-refractivity contribution in [2.24, 2.45) is 0 Å². The second-order valence-corrected chi connectivity index (χ2v) is 4.98. The molecule has 1 aromatic heterocycles. The highest BCUT2D eigenvalue weighted by Crippen LogP contribution is 2.14. The third-order valence-corrected chi connectivity index (χ3v) is 3.03. The zero-order valence-electron chi connectivity index (χ0n) is 10.8. The normalized spacial score (nSPS) is 9.85. The van der Waals surface area contributed by atoms with Crippen LogP contribution in [0, 0.1) is 0 Å². The number of amides is 1. The number of nitrogens with zero attached hydrogens (tertiary/aromatic N) is 1. The van der Waals surface area contributed by atoms with Crippen LogP contribution in [0.3, 0.4) is 0 Å². The number of anilines is 2. The minimum absolute atomic E-state index is 0.167. The van der Waals surface area contributed by atoms with E-state index in [9.17, 15) is 4.79 Å². The lowest BCUT2D eigenvalue weighted by atomic mass is 10.2. The van der Waals surface area contributed by atoms with E-state index in [1.807, 2.05) is 12.1 Å². The fraction of sp³-hybridized carbons (Fsp3) is 0.0667. The first-order valence-electron chi connectivity index (χ1n) is 6.07. The molecule has 0 fully saturated rings. The van der Waals surface area contributed by atoms with Crippen molar-refractivity contribution >= 4 is 33.3 Å². The molecule has 0 radical (unpaired) electrons. The summed E-state index contributed by atoms with van der Waals surface area (Å²) in [4.78, 5) is 16.2. The van der Waals surface area contributed by atoms with Crippen molar-refractivity contribution in [3.63, 3.8) is 0 Å². The summed E-state index contributed by atoms with van der Waals surface area (Å²) in [7, 11) is 0. The quantitative estimate of drug-likeness (QED) is 0.821. The monoisotopic (exact) mass is 331 g/mol. The van der Waals surface area contributed by atoms with Crippen LogP contribution < -0.4 is 10.6 Å². The van der Waals surface area contributed by atoms with Crippen molar-refractivity contribution in [1.29, 1.82) is 0 Å². The first kappa shape index (κ1) is 14.3. The zero-order valence-corrected chi connectivity index (χ0v) is 12.4. The minimum Gasteiger partial charge on any atom is -0.367 e. The van der Waals surface area contributed by atoms with E-state index >= 15 is 0 Å². The number of nitrogens with one attached hydrogen (secondary N) is 2. The fourth-order valence-corrected chi connectivity index (χ4v) is 1.98. The van der Waals surface area contributed by atoms with Crippen molar-refractivity contribution in [3.8, 4) is 0 Å². The number of aromatic nitrogens is 1. The van der Waals surface area contributed by atoms with Gasteiger partial charge in [-0.15, -0.1) is 6.58 Å². The predicted octanol–water partition coefficient (Wildman–Crippen LogP) is 3.69. The lowest BCUT2D eigenvalue weighted by molar-refractivity contribution is 0.102. The molecule has 2 N–H and O–H groups in total. The molecule has 0 unspecified atom stereocenters. The fourth-order valence-electron chi connectivity index (χ4n) is 1.58. The molecular weight excluding hydrogens is 318 g/mol. The summed E-state index contributed by atoms with van der Waals surface area (Å²) >= 11 is 3.34. The largest absolute Gasteiger partial charge is 0.367 e. The van der Waals surface area contributed by atoms with E-state index in [2.05, 4.69) is 38.1 Å². The van der Waals surface area contributed by atoms with Gasteiger partial charge < -0.3 is 10.6 Å². The van der Waals surface area contributed by atoms with Crippen LogP contribution in [-0.4, -0.2) is 17.4 Å². The third kappa shape index (κ3) is 3.93. The molecule has 0 spiro atoms. The molecule has 0 atom stereocenters. The molecule has 0 aliphatic carbocycles. The highest BCUT2D eigenvalue weighted by Gasteiger charge is 2.06. The van der Waals surface area contributed by atoms with E-state index in [1.54, 1.807) is 36.5 Å². The van der Waals surface area contributed by atoms with Crippen LogP contribution in [0.25, 0.3) is 0 Å². The summed E-state index contributed by atoms with van der Waals surface area (Å²) in [5.74, 6) is 0.574. The molecule has 1 aromatic carbocycles. The van der Waals surface area contributed by atoms with Crippen molar-refractivity contribution in [3.05, 3.63) is 65.3 Å². The van der Waals surface area contributed by atoms with Gasteiger partial charge in [-0.05, 0) is 30.3 Å². The first-order chi connectivity index (χ1) is 9.69. The third-order valence-electron chi connectivity index (χ3n) is 2.54. The van der Waals surface area contributed by atoms with Gasteiger partial charge in [0.15, 0.2) is 0 Å². The topological polar surface area (TPSA) is 54.0 Å². The van der Waals surface area contributed by atoms with Crippen molar-refractivity contribution in [2.45, 2.75) is 0 Å². The van der Waals surface area contributed by atoms with Gasteiger partial charge in [0, 0.05) is 16.6 Å². The molecule has 4 nitrogen and oxygen atoms in total. The Labute approximate surface area is 126 Å². The Hall–Kier alpha value is -2.14. The van der Waals surface area contributed by atoms with E-state index in [-0.39, 0.29) is 5.91 Å². The average Bonchev–Trinajstić information content (AvgIpc) is 2.46. The van der Waals surface area contributed by atoms with Crippen LogP contribution in [0.2, 0.25) is 0 Å². The molecule has 0 aliphatic heterocycles. The van der Waals surface area contributed by atoms with E-state index < -0.39 is 0 Å². The second kappa shape index (κ2) is 6.86. The van der Waals surface area contributed by atoms with Gasteiger partial charge in [0.1, 0.15) is 5.82 Å². The Morgan fingerprint density at radius 3 is 2.85 bits per heavy atom. The molecule has 102 valence electrons. The number of hydrogen-bond acceptors (Lipinski definition) is 3. The molecule has 0 saturated heterocycles. The molecular formula is C15H14BrN3O. The molecule has 1 heterocycles. The Morgan fingerprint density at radius 1 is 1.35 bits per heavy atom. The number of benzene rings is 1. The average molecular weight is 332 g/mol. The maximum absolute atomic E-state index is 12.0. The summed E-state index contributed by atoms with van der Waals surface area (Å²) in [6, 6.07) is 10.8. The van der Waals surface area contributed by atoms with Crippen LogP contribution in [0.4, 0.5) is 11.5 Å². The second-order valence-electron chi connectivity index (χ2n) is 4.07. The van der Waals surface area contributed by atoms with Gasteiger partial charge in [-0.3, -0.25) is 4.79 Å². The van der Waals surface area contributed by atoms with Crippen LogP contribution in [0.1, 0.15) is 10.4 Å². The SMILES string of the molecule is C=CCNc1ccc(NC(=O)c2cccc(Br)c2)cn1. The molecule has 1 amide bonds. The van der Waals surface area contributed by atoms with Crippen LogP contribution in [0.15, 0.2) is 59.7 Å². The smallest absolute Gasteiger partial charge is 0.255 e. The van der Waals surface area contributed by atoms with Crippen molar-refractivity contribution in [2.75, 3.05) is 17.2 Å². The number of pyridine rings is 1. The summed E-state index contributed by atoms with van der Waals surface area (Å²) in [6.07, 6.45) is 3.37. The van der Waals surface area contributed by atoms with Gasteiger partial charge in [-0.1, -0.05) is 28.1 Å². The van der Waals surface area contributed by atoms with Gasteiger partial charge in [0.25, 0.3) is 5.91 Å². The molecule has 20 heavy (non-hydrogen) atoms. The summed E-state index contributed by atoms with van der Waals surface area (Å²) in [5, 5.41) is 5.86. The molecule has 2 aromatic rings. The first-order valence-corrected chi connectivity index (χ1v) is 6.86. The van der Waals surface area contributed by atoms with Crippen molar-refractivity contribution in [1.82, 2.24) is 4.98 Å². The molecule has 2 rings (SSSR count). The lowest BCUT2D eigenvalue weighted by Gasteiger charge is -2.07. The predicted molar refractivity (Wildman–Crippen MR) is 85.0 cm³/mol. The summed E-state index contributed by atoms with van der Waals surface area (Å²) < 4.78 is 0.868. The number of hydrogen-bond donors (Lipinski definition) is 2. The number of carbonyl (C=O) groups excluding carboxylic acids is 1. The number of rotatable bonds is 5. The Morgan fingerprint density at radius 2 is 2.20 bits per heavy atom. The van der Waals surface area contributed by atoms with Gasteiger partial charge in [-0.25, -0.2) is 4.98 Å². The molecule has 0 saturated carbocycles. The highest BCUT2D eigenvalue weighted by molar-refractivity contribution is 9.10. The Bertz CT molecular complexity index is 611. The standard InChI is InChI=1S/C15H14BrN3O/c1-2-8-17-14-7-6-13(10-18-14)19-15(20)11-4-3-5-12(16)9-11/h2-7,9-10H,1,8H2,(H,17,18)(H,19,20). The minimum atomic E-state index is -0.167. The van der Waals surface area contributed by atoms with Gasteiger partial charge >= 0.3 is 0 Å². The highest BCUT2D eigenvalue weighted by atomic mass is 79.9. The van der Waals surface area contributed by atoms with Crippen LogP contribution in [0.5, 0.6) is 0 Å². The summed E-state index contributed by atoms with van der Waals surface area (Å²) in [6.45, 7) is 4.27. The Kier molecular flexibility index (Phi) is 4.90. The van der Waals surface area contributed by atoms with Crippen LogP contribution in [-0.2, 0) is 0 Å². The number of carbonyl (C=O) groups is 1. The maximum atomic E-state index is 12.0. The van der Waals surface area contributed by atoms with Crippen LogP contribution >= 0.6 is 15.9 Å².